The molecule has 0 aliphatic heterocycles. The van der Waals surface area contributed by atoms with Crippen LogP contribution in [0.3, 0.4) is 0 Å². The largest absolute Gasteiger partial charge is 0.496 e. The van der Waals surface area contributed by atoms with Crippen molar-refractivity contribution < 1.29 is 9.84 Å². The van der Waals surface area contributed by atoms with E-state index in [2.05, 4.69) is 11.4 Å². The van der Waals surface area contributed by atoms with Gasteiger partial charge in [-0.2, -0.15) is 0 Å². The number of thioether (sulfide) groups is 1. The highest BCUT2D eigenvalue weighted by Crippen LogP contribution is 2.42. The molecule has 18 heavy (non-hydrogen) atoms. The first-order chi connectivity index (χ1) is 8.75. The Kier molecular flexibility index (Phi) is 4.54. The fourth-order valence-electron chi connectivity index (χ4n) is 2.23. The van der Waals surface area contributed by atoms with Gasteiger partial charge in [0.15, 0.2) is 0 Å². The molecule has 0 spiro atoms. The van der Waals surface area contributed by atoms with Crippen LogP contribution < -0.4 is 10.1 Å². The van der Waals surface area contributed by atoms with E-state index < -0.39 is 0 Å². The van der Waals surface area contributed by atoms with E-state index in [0.29, 0.717) is 5.92 Å². The molecule has 1 aromatic carbocycles. The summed E-state index contributed by atoms with van der Waals surface area (Å²) in [6.45, 7) is 0.191. The van der Waals surface area contributed by atoms with Crippen LogP contribution in [0, 0.1) is 5.92 Å². The van der Waals surface area contributed by atoms with Crippen LogP contribution in [0.2, 0.25) is 0 Å². The zero-order valence-electron chi connectivity index (χ0n) is 11.0. The maximum atomic E-state index is 9.68. The maximum Gasteiger partial charge on any atom is 0.132 e. The number of hydrogen-bond donors (Lipinski definition) is 2. The van der Waals surface area contributed by atoms with Crippen molar-refractivity contribution in [3.05, 3.63) is 24.3 Å². The quantitative estimate of drug-likeness (QED) is 0.743. The van der Waals surface area contributed by atoms with Gasteiger partial charge in [0.2, 0.25) is 0 Å². The molecular weight excluding hydrogens is 246 g/mol. The third-order valence-corrected chi connectivity index (χ3v) is 5.00. The number of hydrogen-bond acceptors (Lipinski definition) is 4. The maximum absolute atomic E-state index is 9.68. The van der Waals surface area contributed by atoms with Gasteiger partial charge in [0.25, 0.3) is 0 Å². The Hall–Kier alpha value is -0.710. The first-order valence-corrected chi connectivity index (χ1v) is 7.30. The minimum absolute atomic E-state index is 0.147. The van der Waals surface area contributed by atoms with E-state index in [9.17, 15) is 5.11 Å². The minimum atomic E-state index is -0.147. The highest BCUT2D eigenvalue weighted by atomic mass is 32.2. The molecule has 1 atom stereocenters. The molecule has 3 nitrogen and oxygen atoms in total. The number of methoxy groups -OCH3 is 1. The first kappa shape index (κ1) is 13.7. The summed E-state index contributed by atoms with van der Waals surface area (Å²) in [7, 11) is 3.63. The molecule has 2 rings (SSSR count). The number of benzene rings is 1. The zero-order chi connectivity index (χ0) is 13.0. The van der Waals surface area contributed by atoms with Crippen molar-refractivity contribution in [2.45, 2.75) is 23.3 Å². The topological polar surface area (TPSA) is 41.5 Å². The number of nitrogens with one attached hydrogen (secondary N) is 1. The van der Waals surface area contributed by atoms with E-state index in [1.807, 2.05) is 25.2 Å². The molecule has 0 heterocycles. The van der Waals surface area contributed by atoms with E-state index in [1.165, 1.54) is 12.8 Å². The molecule has 100 valence electrons. The lowest BCUT2D eigenvalue weighted by molar-refractivity contribution is 0.167. The molecular formula is C14H21NO2S. The van der Waals surface area contributed by atoms with Crippen LogP contribution in [0.5, 0.6) is 5.75 Å². The molecule has 1 aromatic rings. The summed E-state index contributed by atoms with van der Waals surface area (Å²) in [5.41, 5.74) is -0.147. The molecule has 0 saturated heterocycles. The highest BCUT2D eigenvalue weighted by molar-refractivity contribution is 7.99. The average Bonchev–Trinajstić information content (AvgIpc) is 3.26. The molecule has 0 amide bonds. The summed E-state index contributed by atoms with van der Waals surface area (Å²) in [6.07, 6.45) is 2.43. The van der Waals surface area contributed by atoms with Crippen molar-refractivity contribution in [3.63, 3.8) is 0 Å². The predicted molar refractivity (Wildman–Crippen MR) is 75.3 cm³/mol. The molecule has 0 bridgehead atoms. The van der Waals surface area contributed by atoms with Gasteiger partial charge in [-0.05, 0) is 37.9 Å². The van der Waals surface area contributed by atoms with Crippen LogP contribution in [0.25, 0.3) is 0 Å². The monoisotopic (exact) mass is 267 g/mol. The Morgan fingerprint density at radius 1 is 1.44 bits per heavy atom. The second-order valence-electron chi connectivity index (χ2n) is 4.78. The second kappa shape index (κ2) is 5.95. The Balaban J connectivity index is 2.05. The Morgan fingerprint density at radius 2 is 2.17 bits per heavy atom. The summed E-state index contributed by atoms with van der Waals surface area (Å²) in [6, 6.07) is 8.02. The van der Waals surface area contributed by atoms with Crippen LogP contribution in [0.15, 0.2) is 29.2 Å². The lowest BCUT2D eigenvalue weighted by Crippen LogP contribution is -2.51. The summed E-state index contributed by atoms with van der Waals surface area (Å²) in [5, 5.41) is 13.0. The van der Waals surface area contributed by atoms with E-state index >= 15 is 0 Å². The zero-order valence-corrected chi connectivity index (χ0v) is 11.8. The fraction of sp³-hybridized carbons (Fsp3) is 0.571. The Morgan fingerprint density at radius 3 is 2.72 bits per heavy atom. The molecule has 1 fully saturated rings. The minimum Gasteiger partial charge on any atom is -0.496 e. The summed E-state index contributed by atoms with van der Waals surface area (Å²) < 4.78 is 5.35. The molecule has 1 saturated carbocycles. The van der Waals surface area contributed by atoms with Gasteiger partial charge in [-0.15, -0.1) is 11.8 Å². The van der Waals surface area contributed by atoms with Gasteiger partial charge in [-0.1, -0.05) is 12.1 Å². The summed E-state index contributed by atoms with van der Waals surface area (Å²) in [4.78, 5) is 1.13. The van der Waals surface area contributed by atoms with Crippen LogP contribution in [-0.2, 0) is 0 Å². The van der Waals surface area contributed by atoms with Crippen molar-refractivity contribution >= 4 is 11.8 Å². The fourth-order valence-corrected chi connectivity index (χ4v) is 3.58. The first-order valence-electron chi connectivity index (χ1n) is 6.31. The van der Waals surface area contributed by atoms with Gasteiger partial charge >= 0.3 is 0 Å². The standard InChI is InChI=1S/C14H21NO2S/c1-15-14(9-16,11-7-8-11)10-18-13-6-4-3-5-12(13)17-2/h3-6,11,15-16H,7-10H2,1-2H3. The number of aliphatic hydroxyl groups excluding tert-OH is 1. The smallest absolute Gasteiger partial charge is 0.132 e. The van der Waals surface area contributed by atoms with Crippen LogP contribution >= 0.6 is 11.8 Å². The predicted octanol–water partition coefficient (Wildman–Crippen LogP) is 2.15. The van der Waals surface area contributed by atoms with Gasteiger partial charge in [0.05, 0.1) is 19.3 Å². The molecule has 1 aliphatic carbocycles. The van der Waals surface area contributed by atoms with Gasteiger partial charge in [0, 0.05) is 10.6 Å². The van der Waals surface area contributed by atoms with Crippen LogP contribution in [-0.4, -0.2) is 37.2 Å². The lowest BCUT2D eigenvalue weighted by Gasteiger charge is -2.31. The van der Waals surface area contributed by atoms with Crippen molar-refractivity contribution in [2.75, 3.05) is 26.5 Å². The molecule has 1 aliphatic rings. The van der Waals surface area contributed by atoms with Crippen molar-refractivity contribution in [3.8, 4) is 5.75 Å². The van der Waals surface area contributed by atoms with E-state index in [1.54, 1.807) is 18.9 Å². The SMILES string of the molecule is CNC(CO)(CSc1ccccc1OC)C1CC1. The summed E-state index contributed by atoms with van der Waals surface area (Å²) >= 11 is 1.75. The average molecular weight is 267 g/mol. The number of rotatable bonds is 7. The number of aliphatic hydroxyl groups is 1. The number of likely N-dealkylation sites (N-methyl/N-ethyl adjacent to an activating group) is 1. The van der Waals surface area contributed by atoms with Crippen molar-refractivity contribution in [1.29, 1.82) is 0 Å². The third-order valence-electron chi connectivity index (χ3n) is 3.69. The van der Waals surface area contributed by atoms with E-state index in [0.717, 1.165) is 16.4 Å². The van der Waals surface area contributed by atoms with Crippen molar-refractivity contribution in [2.24, 2.45) is 5.92 Å². The summed E-state index contributed by atoms with van der Waals surface area (Å²) in [5.74, 6) is 2.38. The number of para-hydroxylation sites is 1. The van der Waals surface area contributed by atoms with Crippen LogP contribution in [0.1, 0.15) is 12.8 Å². The Labute approximate surface area is 113 Å². The van der Waals surface area contributed by atoms with Gasteiger partial charge < -0.3 is 15.2 Å². The van der Waals surface area contributed by atoms with Gasteiger partial charge in [-0.25, -0.2) is 0 Å². The third kappa shape index (κ3) is 2.82. The molecule has 2 N–H and O–H groups in total. The molecule has 0 aromatic heterocycles. The molecule has 4 heteroatoms. The van der Waals surface area contributed by atoms with Crippen molar-refractivity contribution in [1.82, 2.24) is 5.32 Å². The normalized spacial score (nSPS) is 18.4. The molecule has 0 radical (unpaired) electrons. The lowest BCUT2D eigenvalue weighted by atomic mass is 9.97. The van der Waals surface area contributed by atoms with Gasteiger partial charge in [0.1, 0.15) is 5.75 Å². The van der Waals surface area contributed by atoms with Gasteiger partial charge in [-0.3, -0.25) is 0 Å². The van der Waals surface area contributed by atoms with E-state index in [4.69, 9.17) is 4.74 Å². The van der Waals surface area contributed by atoms with Crippen LogP contribution in [0.4, 0.5) is 0 Å². The number of ether oxygens (including phenoxy) is 1. The molecule has 1 unspecified atom stereocenters. The second-order valence-corrected chi connectivity index (χ2v) is 5.80. The highest BCUT2D eigenvalue weighted by Gasteiger charge is 2.43. The Bertz CT molecular complexity index is 389. The van der Waals surface area contributed by atoms with E-state index in [-0.39, 0.29) is 12.1 Å².